The smallest absolute Gasteiger partial charge is 0.303 e. The normalized spacial score (nSPS) is 18.9. The molecule has 1 aromatic carbocycles. The number of nitrogens with zero attached hydrogens (tertiary/aromatic N) is 2. The van der Waals surface area contributed by atoms with E-state index in [4.69, 9.17) is 20.3 Å². The number of likely N-dealkylation sites (N-methyl/N-ethyl adjacent to an activating group) is 1. The maximum Gasteiger partial charge on any atom is 0.303 e. The molecule has 4 amide bonds. The Morgan fingerprint density at radius 3 is 2.10 bits per heavy atom. The summed E-state index contributed by atoms with van der Waals surface area (Å²) in [5.74, 6) is -3.10. The Labute approximate surface area is 359 Å². The van der Waals surface area contributed by atoms with Gasteiger partial charge in [0.05, 0.1) is 42.7 Å². The number of likely N-dealkylation sites (tertiary alicyclic amines) is 1. The van der Waals surface area contributed by atoms with Gasteiger partial charge in [0.15, 0.2) is 5.78 Å². The Balaban J connectivity index is 2.16. The molecular weight excluding hydrogens is 767 g/mol. The van der Waals surface area contributed by atoms with E-state index in [0.29, 0.717) is 32.4 Å². The van der Waals surface area contributed by atoms with Crippen molar-refractivity contribution in [3.05, 3.63) is 35.9 Å². The van der Waals surface area contributed by atoms with Crippen LogP contribution < -0.4 is 16.4 Å². The fourth-order valence-electron chi connectivity index (χ4n) is 8.92. The number of aliphatic carboxylic acids is 1. The minimum atomic E-state index is -0.902. The second-order valence-electron chi connectivity index (χ2n) is 17.9. The van der Waals surface area contributed by atoms with E-state index in [1.165, 1.54) is 7.11 Å². The van der Waals surface area contributed by atoms with Crippen LogP contribution in [0.25, 0.3) is 0 Å². The van der Waals surface area contributed by atoms with Gasteiger partial charge in [0.1, 0.15) is 6.04 Å². The number of nitrogens with two attached hydrogens (primary N) is 1. The molecule has 0 saturated carbocycles. The van der Waals surface area contributed by atoms with Crippen molar-refractivity contribution in [2.75, 3.05) is 34.4 Å². The number of ether oxygens (including phenoxy) is 2. The van der Waals surface area contributed by atoms with Crippen LogP contribution in [-0.4, -0.2) is 121 Å². The Bertz CT molecular complexity index is 1520. The SMILES string of the molecule is CC[C@H](C)[C@H](CC(C)CC(=O)[C@@H](NC(=O)[C@H](C(C)C)N(C)CCCC(=O)O)C(C)C)[C@@H](CC(=O)N1CCC[C@H]1[C@H](OC)[C@@H](C)C(=O)N[C@@H](Cc1ccccc1)C(N)=O)OC. The molecule has 0 bridgehead atoms. The number of ketones is 1. The Morgan fingerprint density at radius 2 is 1.57 bits per heavy atom. The molecule has 1 saturated heterocycles. The third-order valence-corrected chi connectivity index (χ3v) is 12.5. The molecule has 60 heavy (non-hydrogen) atoms. The number of hydrogen-bond acceptors (Lipinski definition) is 9. The molecule has 1 heterocycles. The van der Waals surface area contributed by atoms with Crippen LogP contribution in [0.4, 0.5) is 0 Å². The number of benzene rings is 1. The first-order valence-electron chi connectivity index (χ1n) is 22.0. The van der Waals surface area contributed by atoms with Gasteiger partial charge in [0, 0.05) is 40.0 Å². The zero-order valence-corrected chi connectivity index (χ0v) is 38.3. The van der Waals surface area contributed by atoms with Crippen molar-refractivity contribution < 1.29 is 43.3 Å². The Kier molecular flexibility index (Phi) is 22.5. The second kappa shape index (κ2) is 25.8. The van der Waals surface area contributed by atoms with Gasteiger partial charge in [0.25, 0.3) is 0 Å². The Hall–Kier alpha value is -3.88. The number of nitrogens with one attached hydrogen (secondary N) is 2. The number of carbonyl (C=O) groups excluding carboxylic acids is 5. The van der Waals surface area contributed by atoms with Crippen LogP contribution in [0.15, 0.2) is 30.3 Å². The highest BCUT2D eigenvalue weighted by molar-refractivity contribution is 5.91. The molecule has 10 atom stereocenters. The highest BCUT2D eigenvalue weighted by Gasteiger charge is 2.42. The standard InChI is InChI=1S/C46H77N5O9/c1-12-31(7)34(24-30(6)25-37(52)41(28(2)3)49-46(58)42(29(4)5)50(9)22-17-21-40(54)55)38(59-10)27-39(53)51-23-16-20-36(51)43(60-11)32(8)45(57)48-35(44(47)56)26-33-18-14-13-15-19-33/h13-15,18-19,28-32,34-36,38,41-43H,12,16-17,20-27H2,1-11H3,(H2,47,56)(H,48,57)(H,49,58)(H,54,55)/t30?,31-,32+,34-,35-,36-,38+,41-,42-,43+/m0/s1. The van der Waals surface area contributed by atoms with Crippen LogP contribution in [0.3, 0.4) is 0 Å². The first-order valence-corrected chi connectivity index (χ1v) is 22.0. The average molecular weight is 844 g/mol. The molecular formula is C46H77N5O9. The maximum absolute atomic E-state index is 14.2. The van der Waals surface area contributed by atoms with Crippen molar-refractivity contribution in [3.8, 4) is 0 Å². The summed E-state index contributed by atoms with van der Waals surface area (Å²) < 4.78 is 12.0. The summed E-state index contributed by atoms with van der Waals surface area (Å²) in [6.07, 6.45) is 2.90. The van der Waals surface area contributed by atoms with Gasteiger partial charge >= 0.3 is 5.97 Å². The van der Waals surface area contributed by atoms with Gasteiger partial charge < -0.3 is 35.8 Å². The molecule has 0 spiro atoms. The van der Waals surface area contributed by atoms with Crippen molar-refractivity contribution >= 4 is 35.4 Å². The maximum atomic E-state index is 14.2. The number of carboxylic acid groups (broad SMARTS) is 1. The highest BCUT2D eigenvalue weighted by Crippen LogP contribution is 2.33. The number of Topliss-reactive ketones (excluding diaryl/α,β-unsaturated/α-hetero) is 1. The van der Waals surface area contributed by atoms with E-state index in [2.05, 4.69) is 24.5 Å². The fourth-order valence-corrected chi connectivity index (χ4v) is 8.92. The number of rotatable bonds is 28. The molecule has 1 fully saturated rings. The predicted octanol–water partition coefficient (Wildman–Crippen LogP) is 4.86. The number of methoxy groups -OCH3 is 2. The third kappa shape index (κ3) is 15.9. The molecule has 1 aliphatic heterocycles. The zero-order valence-electron chi connectivity index (χ0n) is 38.3. The van der Waals surface area contributed by atoms with Crippen LogP contribution in [0.5, 0.6) is 0 Å². The number of carboxylic acids is 1. The van der Waals surface area contributed by atoms with Crippen molar-refractivity contribution in [3.63, 3.8) is 0 Å². The first kappa shape index (κ1) is 52.3. The van der Waals surface area contributed by atoms with E-state index < -0.39 is 48.1 Å². The summed E-state index contributed by atoms with van der Waals surface area (Å²) in [4.78, 5) is 82.4. The lowest BCUT2D eigenvalue weighted by Gasteiger charge is -2.37. The van der Waals surface area contributed by atoms with Crippen LogP contribution in [-0.2, 0) is 44.7 Å². The summed E-state index contributed by atoms with van der Waals surface area (Å²) >= 11 is 0. The number of hydrogen-bond donors (Lipinski definition) is 4. The van der Waals surface area contributed by atoms with Gasteiger partial charge in [-0.3, -0.25) is 33.7 Å². The highest BCUT2D eigenvalue weighted by atomic mass is 16.5. The summed E-state index contributed by atoms with van der Waals surface area (Å²) in [6, 6.07) is 6.86. The van der Waals surface area contributed by atoms with E-state index >= 15 is 0 Å². The molecule has 1 aliphatic rings. The van der Waals surface area contributed by atoms with E-state index in [0.717, 1.165) is 18.4 Å². The number of primary amides is 1. The summed E-state index contributed by atoms with van der Waals surface area (Å²) in [7, 11) is 4.96. The third-order valence-electron chi connectivity index (χ3n) is 12.5. The number of amides is 4. The Morgan fingerprint density at radius 1 is 0.917 bits per heavy atom. The molecule has 1 aromatic rings. The van der Waals surface area contributed by atoms with Gasteiger partial charge in [0.2, 0.25) is 23.6 Å². The lowest BCUT2D eigenvalue weighted by molar-refractivity contribution is -0.143. The molecule has 14 heteroatoms. The van der Waals surface area contributed by atoms with Gasteiger partial charge in [-0.05, 0) is 74.4 Å². The predicted molar refractivity (Wildman–Crippen MR) is 233 cm³/mol. The lowest BCUT2D eigenvalue weighted by Crippen LogP contribution is -2.54. The summed E-state index contributed by atoms with van der Waals surface area (Å²) in [5, 5.41) is 14.9. The van der Waals surface area contributed by atoms with Gasteiger partial charge in [-0.2, -0.15) is 0 Å². The first-order chi connectivity index (χ1) is 28.3. The van der Waals surface area contributed by atoms with Crippen LogP contribution in [0.1, 0.15) is 112 Å². The van der Waals surface area contributed by atoms with Gasteiger partial charge in [-0.25, -0.2) is 0 Å². The van der Waals surface area contributed by atoms with E-state index in [1.807, 2.05) is 81.8 Å². The minimum Gasteiger partial charge on any atom is -0.481 e. The van der Waals surface area contributed by atoms with E-state index in [-0.39, 0.29) is 84.8 Å². The molecule has 0 aliphatic carbocycles. The zero-order chi connectivity index (χ0) is 45.3. The van der Waals surface area contributed by atoms with Crippen LogP contribution in [0, 0.1) is 35.5 Å². The summed E-state index contributed by atoms with van der Waals surface area (Å²) in [5.41, 5.74) is 6.55. The molecule has 340 valence electrons. The molecule has 0 radical (unpaired) electrons. The van der Waals surface area contributed by atoms with E-state index in [9.17, 15) is 28.8 Å². The lowest BCUT2D eigenvalue weighted by atomic mass is 9.77. The van der Waals surface area contributed by atoms with Crippen LogP contribution in [0.2, 0.25) is 0 Å². The van der Waals surface area contributed by atoms with E-state index in [1.54, 1.807) is 14.0 Å². The minimum absolute atomic E-state index is 0.0151. The van der Waals surface area contributed by atoms with Crippen molar-refractivity contribution in [2.24, 2.45) is 41.2 Å². The van der Waals surface area contributed by atoms with Crippen molar-refractivity contribution in [2.45, 2.75) is 150 Å². The summed E-state index contributed by atoms with van der Waals surface area (Å²) in [6.45, 7) is 16.7. The molecule has 14 nitrogen and oxygen atoms in total. The van der Waals surface area contributed by atoms with Crippen molar-refractivity contribution in [1.29, 1.82) is 0 Å². The molecule has 5 N–H and O–H groups in total. The van der Waals surface area contributed by atoms with Gasteiger partial charge in [-0.1, -0.05) is 92.1 Å². The average Bonchev–Trinajstić information content (AvgIpc) is 3.67. The molecule has 0 aromatic heterocycles. The van der Waals surface area contributed by atoms with Gasteiger partial charge in [-0.15, -0.1) is 0 Å². The fraction of sp³-hybridized carbons (Fsp3) is 0.739. The molecule has 2 rings (SSSR count). The molecule has 1 unspecified atom stereocenters. The number of carbonyl (C=O) groups is 6. The largest absolute Gasteiger partial charge is 0.481 e. The topological polar surface area (TPSA) is 198 Å². The van der Waals surface area contributed by atoms with Crippen LogP contribution >= 0.6 is 0 Å². The second-order valence-corrected chi connectivity index (χ2v) is 17.9. The monoisotopic (exact) mass is 844 g/mol. The van der Waals surface area contributed by atoms with Crippen molar-refractivity contribution in [1.82, 2.24) is 20.4 Å². The quantitative estimate of drug-likeness (QED) is 0.0905.